The summed E-state index contributed by atoms with van der Waals surface area (Å²) in [6.45, 7) is 22.6. The van der Waals surface area contributed by atoms with Crippen LogP contribution in [-0.4, -0.2) is 15.0 Å². The van der Waals surface area contributed by atoms with Crippen LogP contribution >= 0.6 is 11.3 Å². The van der Waals surface area contributed by atoms with Crippen LogP contribution in [0.2, 0.25) is 0 Å². The topological polar surface area (TPSA) is 21.1 Å². The molecule has 0 radical (unpaired) electrons. The third kappa shape index (κ3) is 8.33. The molecule has 396 valence electrons. The van der Waals surface area contributed by atoms with Crippen molar-refractivity contribution in [1.29, 1.82) is 0 Å². The Labute approximate surface area is 475 Å². The normalized spacial score (nSPS) is 20.3. The Morgan fingerprint density at radius 1 is 0.762 bits per heavy atom. The number of fused-ring (bicyclic) bond motifs is 3. The van der Waals surface area contributed by atoms with Gasteiger partial charge in [0, 0.05) is 49.6 Å². The molecule has 0 spiro atoms. The van der Waals surface area contributed by atoms with Crippen LogP contribution < -0.4 is 10.4 Å². The van der Waals surface area contributed by atoms with Crippen molar-refractivity contribution in [3.05, 3.63) is 254 Å². The van der Waals surface area contributed by atoms with Gasteiger partial charge in [-0.1, -0.05) is 190 Å². The highest BCUT2D eigenvalue weighted by atomic mass is 32.1. The molecule has 13 rings (SSSR count). The van der Waals surface area contributed by atoms with Crippen molar-refractivity contribution in [2.45, 2.75) is 103 Å². The maximum absolute atomic E-state index is 6.72. The van der Waals surface area contributed by atoms with Gasteiger partial charge in [-0.15, -0.1) is 11.3 Å². The number of aryl methyl sites for hydroxylation is 1. The molecule has 3 aliphatic rings. The maximum Gasteiger partial charge on any atom is 0.138 e. The van der Waals surface area contributed by atoms with Crippen LogP contribution in [0.4, 0.5) is 0 Å². The van der Waals surface area contributed by atoms with Gasteiger partial charge < -0.3 is 8.98 Å². The largest absolute Gasteiger partial charge is 0.456 e. The zero-order valence-electron chi connectivity index (χ0n) is 47.1. The number of benzene rings is 7. The molecule has 0 bridgehead atoms. The summed E-state index contributed by atoms with van der Waals surface area (Å²) in [6.07, 6.45) is 34.0. The van der Waals surface area contributed by atoms with Gasteiger partial charge in [-0.25, -0.2) is 0 Å². The van der Waals surface area contributed by atoms with Crippen LogP contribution in [0.5, 0.6) is 0 Å². The molecule has 0 N–H and O–H groups in total. The summed E-state index contributed by atoms with van der Waals surface area (Å²) in [5.74, 6) is 0.889. The molecule has 1 saturated carbocycles. The molecule has 7 aromatic carbocycles. The number of para-hydroxylation sites is 1. The summed E-state index contributed by atoms with van der Waals surface area (Å²) >= 11 is 1.86. The SMILES string of the molecule is C=C/C=c1\c(=C/C)c2cccc3oc4cc(-n5c6c(c7ccccc75)CC(c5ccc(C(C)N7C(c8ccc(-c9ccccc9C9CCC9)c(C)c8)C7(CC)C(=C)c7sc(/C=C\C=C/C)cc7/C=C\C=C\C)cc5)C=C6)cc1c4c32. The molecule has 4 heteroatoms. The van der Waals surface area contributed by atoms with Gasteiger partial charge in [-0.2, -0.15) is 0 Å². The number of hydrogen-bond donors (Lipinski definition) is 0. The molecule has 2 aliphatic carbocycles. The van der Waals surface area contributed by atoms with E-state index in [-0.39, 0.29) is 23.5 Å². The van der Waals surface area contributed by atoms with Crippen LogP contribution in [0.1, 0.15) is 139 Å². The van der Waals surface area contributed by atoms with Crippen molar-refractivity contribution >= 4 is 90.9 Å². The zero-order chi connectivity index (χ0) is 54.8. The van der Waals surface area contributed by atoms with Gasteiger partial charge in [0.05, 0.1) is 22.8 Å². The van der Waals surface area contributed by atoms with E-state index in [0.717, 1.165) is 29.7 Å². The molecule has 1 aliphatic heterocycles. The second kappa shape index (κ2) is 20.9. The highest BCUT2D eigenvalue weighted by Crippen LogP contribution is 2.66. The van der Waals surface area contributed by atoms with Gasteiger partial charge in [0.2, 0.25) is 0 Å². The van der Waals surface area contributed by atoms with E-state index >= 15 is 0 Å². The Hall–Kier alpha value is -8.02. The number of nitrogens with zero attached hydrogens (tertiary/aromatic N) is 2. The van der Waals surface area contributed by atoms with E-state index in [4.69, 9.17) is 11.0 Å². The van der Waals surface area contributed by atoms with Gasteiger partial charge in [0.1, 0.15) is 11.2 Å². The fraction of sp³-hybridized carbons (Fsp3) is 0.211. The molecule has 10 aromatic rings. The molecule has 4 heterocycles. The lowest BCUT2D eigenvalue weighted by Gasteiger charge is -2.28. The molecule has 80 heavy (non-hydrogen) atoms. The number of furan rings is 1. The number of hydrogen-bond acceptors (Lipinski definition) is 3. The van der Waals surface area contributed by atoms with Crippen LogP contribution in [0, 0.1) is 6.92 Å². The quantitative estimate of drug-likeness (QED) is 0.0580. The van der Waals surface area contributed by atoms with E-state index in [1.54, 1.807) is 0 Å². The Bertz CT molecular complexity index is 4360. The van der Waals surface area contributed by atoms with Crippen molar-refractivity contribution in [2.75, 3.05) is 0 Å². The Morgan fingerprint density at radius 2 is 1.51 bits per heavy atom. The molecular formula is C76H70N2OS. The van der Waals surface area contributed by atoms with E-state index in [1.165, 1.54) is 133 Å². The minimum absolute atomic E-state index is 0.124. The van der Waals surface area contributed by atoms with Crippen molar-refractivity contribution < 1.29 is 4.42 Å². The molecule has 1 saturated heterocycles. The smallest absolute Gasteiger partial charge is 0.138 e. The molecule has 0 amide bonds. The Balaban J connectivity index is 0.855. The fourth-order valence-electron chi connectivity index (χ4n) is 14.1. The highest BCUT2D eigenvalue weighted by Gasteiger charge is 2.65. The monoisotopic (exact) mass is 1060 g/mol. The van der Waals surface area contributed by atoms with Crippen molar-refractivity contribution in [3.63, 3.8) is 0 Å². The first-order valence-electron chi connectivity index (χ1n) is 29.0. The third-order valence-corrected chi connectivity index (χ3v) is 19.4. The lowest BCUT2D eigenvalue weighted by atomic mass is 9.76. The van der Waals surface area contributed by atoms with Crippen LogP contribution in [-0.2, 0) is 6.42 Å². The van der Waals surface area contributed by atoms with Gasteiger partial charge in [0.25, 0.3) is 0 Å². The van der Waals surface area contributed by atoms with E-state index in [9.17, 15) is 0 Å². The van der Waals surface area contributed by atoms with Gasteiger partial charge in [-0.3, -0.25) is 4.90 Å². The first-order chi connectivity index (χ1) is 39.2. The zero-order valence-corrected chi connectivity index (χ0v) is 47.9. The number of rotatable bonds is 15. The van der Waals surface area contributed by atoms with Gasteiger partial charge in [-0.05, 0) is 179 Å². The van der Waals surface area contributed by atoms with Crippen molar-refractivity contribution in [1.82, 2.24) is 9.47 Å². The summed E-state index contributed by atoms with van der Waals surface area (Å²) in [5.41, 5.74) is 18.5. The number of allylic oxidation sites excluding steroid dienone is 8. The molecule has 3 nitrogen and oxygen atoms in total. The van der Waals surface area contributed by atoms with Crippen molar-refractivity contribution in [2.24, 2.45) is 0 Å². The third-order valence-electron chi connectivity index (χ3n) is 18.2. The summed E-state index contributed by atoms with van der Waals surface area (Å²) in [4.78, 5) is 5.27. The van der Waals surface area contributed by atoms with Crippen molar-refractivity contribution in [3.8, 4) is 16.8 Å². The predicted octanol–water partition coefficient (Wildman–Crippen LogP) is 19.7. The first kappa shape index (κ1) is 51.4. The van der Waals surface area contributed by atoms with E-state index in [0.29, 0.717) is 5.92 Å². The fourth-order valence-corrected chi connectivity index (χ4v) is 15.3. The summed E-state index contributed by atoms with van der Waals surface area (Å²) in [5, 5.41) is 8.43. The van der Waals surface area contributed by atoms with E-state index < -0.39 is 0 Å². The van der Waals surface area contributed by atoms with Crippen LogP contribution in [0.25, 0.3) is 96.4 Å². The maximum atomic E-state index is 6.72. The molecule has 3 aromatic heterocycles. The molecule has 5 unspecified atom stereocenters. The molecular weight excluding hydrogens is 989 g/mol. The average Bonchev–Trinajstić information content (AvgIpc) is 3.94. The highest BCUT2D eigenvalue weighted by molar-refractivity contribution is 7.14. The summed E-state index contributed by atoms with van der Waals surface area (Å²) < 4.78 is 9.17. The molecule has 5 atom stereocenters. The minimum Gasteiger partial charge on any atom is -0.456 e. The first-order valence-corrected chi connectivity index (χ1v) is 29.8. The van der Waals surface area contributed by atoms with E-state index in [1.807, 2.05) is 17.4 Å². The lowest BCUT2D eigenvalue weighted by Crippen LogP contribution is -2.26. The summed E-state index contributed by atoms with van der Waals surface area (Å²) in [6, 6.07) is 48.7. The average molecular weight is 1060 g/mol. The second-order valence-corrected chi connectivity index (χ2v) is 23.5. The Morgan fingerprint density at radius 3 is 2.26 bits per heavy atom. The standard InChI is InChI=1S/C76H70N2OS/c1-9-14-16-25-55-44-58(28-17-15-10-2)80-74(55)49(7)76(13-5)75(56-39-41-60(48(6)43-56)63-30-19-18-29-61(63)53-26-22-27-53)78(76)50(8)51-35-37-52(38-36-51)54-40-42-69-66(45-54)64-31-20-21-33-68(64)77(69)57-46-67-62(24-11-3)59(12-4)65-32-23-34-70-72(65)73(67)71(47-57)79-70/h9-12,14-21,23-25,28-44,46-47,50,53-54,75H,3,7,13,22,26-27,45H2,1-2,4-6,8H3/b14-9+,15-10-,25-16-,28-17-,59-12+,62-24+. The minimum atomic E-state index is -0.293. The lowest BCUT2D eigenvalue weighted by molar-refractivity contribution is 0.356. The number of aromatic nitrogens is 1. The predicted molar refractivity (Wildman–Crippen MR) is 345 cm³/mol. The second-order valence-electron chi connectivity index (χ2n) is 22.5. The van der Waals surface area contributed by atoms with Crippen LogP contribution in [0.3, 0.4) is 0 Å². The van der Waals surface area contributed by atoms with E-state index in [2.05, 4.69) is 258 Å². The molecule has 2 fully saturated rings. The Kier molecular flexibility index (Phi) is 13.4. The van der Waals surface area contributed by atoms with Crippen LogP contribution in [0.15, 0.2) is 194 Å². The van der Waals surface area contributed by atoms with Gasteiger partial charge >= 0.3 is 0 Å². The summed E-state index contributed by atoms with van der Waals surface area (Å²) in [7, 11) is 0. The number of thiophene rings is 1. The van der Waals surface area contributed by atoms with Gasteiger partial charge in [0.15, 0.2) is 0 Å².